The molecule has 0 unspecified atom stereocenters. The van der Waals surface area contributed by atoms with Crippen LogP contribution in [0.4, 0.5) is 0 Å². The molecule has 1 heterocycles. The third kappa shape index (κ3) is 6.38. The lowest BCUT2D eigenvalue weighted by atomic mass is 9.83. The molecule has 1 aliphatic rings. The Morgan fingerprint density at radius 2 is 0.762 bits per heavy atom. The third-order valence-electron chi connectivity index (χ3n) is 5.95. The monoisotopic (exact) mass is 610 g/mol. The van der Waals surface area contributed by atoms with E-state index in [1.165, 1.54) is 69.2 Å². The number of esters is 5. The zero-order chi connectivity index (χ0) is 33.2. The van der Waals surface area contributed by atoms with Gasteiger partial charge in [-0.25, -0.2) is 0 Å². The molecule has 0 radical (unpaired) electrons. The van der Waals surface area contributed by atoms with Gasteiger partial charge in [0.05, 0.1) is 29.6 Å². The molecule has 0 aliphatic carbocycles. The topological polar surface area (TPSA) is 242 Å². The van der Waals surface area contributed by atoms with E-state index in [2.05, 4.69) is 0 Å². The predicted molar refractivity (Wildman–Crippen MR) is 135 cm³/mol. The van der Waals surface area contributed by atoms with E-state index in [0.29, 0.717) is 0 Å². The van der Waals surface area contributed by atoms with E-state index in [0.717, 1.165) is 0 Å². The second-order valence-electron chi connectivity index (χ2n) is 11.4. The number of ether oxygens (including phenoxy) is 6. The summed E-state index contributed by atoms with van der Waals surface area (Å²) < 4.78 is 30.4. The molecular weight excluding hydrogens is 568 g/mol. The van der Waals surface area contributed by atoms with Crippen molar-refractivity contribution in [2.24, 2.45) is 29.6 Å². The highest BCUT2D eigenvalue weighted by Crippen LogP contribution is 2.56. The molecule has 0 aromatic rings. The minimum absolute atomic E-state index is 1.14. The van der Waals surface area contributed by atoms with Crippen molar-refractivity contribution >= 4 is 29.8 Å². The fourth-order valence-corrected chi connectivity index (χ4v) is 3.11. The Hall–Kier alpha value is -2.89. The predicted octanol–water partition coefficient (Wildman–Crippen LogP) is -0.587. The van der Waals surface area contributed by atoms with Gasteiger partial charge in [0.1, 0.15) is 6.61 Å². The molecule has 1 fully saturated rings. The van der Waals surface area contributed by atoms with Crippen LogP contribution in [-0.4, -0.2) is 91.1 Å². The zero-order valence-electron chi connectivity index (χ0n) is 25.3. The number of aliphatic hydroxyl groups is 5. The van der Waals surface area contributed by atoms with Crippen LogP contribution < -0.4 is 0 Å². The van der Waals surface area contributed by atoms with Crippen LogP contribution in [0.3, 0.4) is 0 Å². The maximum atomic E-state index is 13.0. The van der Waals surface area contributed by atoms with Crippen LogP contribution in [0.25, 0.3) is 0 Å². The quantitative estimate of drug-likeness (QED) is 0.112. The molecular formula is C26H42O16. The SMILES string of the molecule is CC(C)C(=O)OC1(OC(=O)C(C)C)O[C@@](O)(CO)[C@@](O)(OC(=O)C(C)C)[C@@](O)(OC(=O)C(C)C)[C@@]1(O)OC(=O)C(C)C. The minimum atomic E-state index is -4.47. The average Bonchev–Trinajstić information content (AvgIpc) is 2.86. The summed E-state index contributed by atoms with van der Waals surface area (Å²) >= 11 is 0. The molecule has 1 aliphatic heterocycles. The lowest BCUT2D eigenvalue weighted by molar-refractivity contribution is -0.631. The molecule has 0 bridgehead atoms. The van der Waals surface area contributed by atoms with Crippen molar-refractivity contribution < 1.29 is 77.9 Å². The average molecular weight is 611 g/mol. The van der Waals surface area contributed by atoms with Crippen LogP contribution in [0.15, 0.2) is 0 Å². The maximum absolute atomic E-state index is 13.0. The second kappa shape index (κ2) is 12.8. The summed E-state index contributed by atoms with van der Waals surface area (Å²) in [5.74, 6) is -34.2. The first-order valence-corrected chi connectivity index (χ1v) is 13.3. The van der Waals surface area contributed by atoms with Crippen molar-refractivity contribution in [3.8, 4) is 0 Å². The molecule has 16 heteroatoms. The first kappa shape index (κ1) is 37.1. The number of aliphatic hydroxyl groups excluding tert-OH is 1. The fourth-order valence-electron chi connectivity index (χ4n) is 3.11. The molecule has 0 aromatic heterocycles. The normalized spacial score (nSPS) is 29.0. The summed E-state index contributed by atoms with van der Waals surface area (Å²) in [7, 11) is 0. The van der Waals surface area contributed by atoms with Crippen LogP contribution in [0.2, 0.25) is 0 Å². The van der Waals surface area contributed by atoms with Crippen molar-refractivity contribution in [2.45, 2.75) is 98.4 Å². The zero-order valence-corrected chi connectivity index (χ0v) is 25.3. The van der Waals surface area contributed by atoms with Gasteiger partial charge >= 0.3 is 53.2 Å². The Morgan fingerprint density at radius 3 is 1.05 bits per heavy atom. The highest BCUT2D eigenvalue weighted by atomic mass is 17.0. The first-order valence-electron chi connectivity index (χ1n) is 13.3. The highest BCUT2D eigenvalue weighted by Gasteiger charge is 2.93. The van der Waals surface area contributed by atoms with E-state index < -0.39 is 95.2 Å². The molecule has 242 valence electrons. The highest BCUT2D eigenvalue weighted by molar-refractivity contribution is 5.77. The van der Waals surface area contributed by atoms with Crippen LogP contribution in [-0.2, 0) is 52.4 Å². The molecule has 5 N–H and O–H groups in total. The summed E-state index contributed by atoms with van der Waals surface area (Å²) in [6.07, 6.45) is 0. The third-order valence-corrected chi connectivity index (χ3v) is 5.95. The van der Waals surface area contributed by atoms with Crippen LogP contribution in [0.1, 0.15) is 69.2 Å². The fraction of sp³-hybridized carbons (Fsp3) is 0.808. The molecule has 4 atom stereocenters. The molecule has 0 amide bonds. The first-order chi connectivity index (χ1) is 18.9. The number of hydrogen-bond donors (Lipinski definition) is 5. The molecule has 0 aromatic carbocycles. The molecule has 0 saturated carbocycles. The summed E-state index contributed by atoms with van der Waals surface area (Å²) in [5, 5.41) is 57.6. The van der Waals surface area contributed by atoms with Crippen molar-refractivity contribution in [3.63, 3.8) is 0 Å². The maximum Gasteiger partial charge on any atom is 0.456 e. The molecule has 0 spiro atoms. The van der Waals surface area contributed by atoms with Crippen molar-refractivity contribution in [1.82, 2.24) is 0 Å². The Bertz CT molecular complexity index is 1030. The molecule has 1 rings (SSSR count). The summed E-state index contributed by atoms with van der Waals surface area (Å²) in [6, 6.07) is 0. The van der Waals surface area contributed by atoms with Crippen molar-refractivity contribution in [1.29, 1.82) is 0 Å². The van der Waals surface area contributed by atoms with Crippen molar-refractivity contribution in [2.75, 3.05) is 6.61 Å². The van der Waals surface area contributed by atoms with Gasteiger partial charge in [-0.1, -0.05) is 69.2 Å². The number of hydrogen-bond acceptors (Lipinski definition) is 16. The van der Waals surface area contributed by atoms with E-state index >= 15 is 0 Å². The number of rotatable bonds is 11. The van der Waals surface area contributed by atoms with E-state index in [4.69, 9.17) is 28.4 Å². The number of carbonyl (C=O) groups excluding carboxylic acids is 5. The molecule has 16 nitrogen and oxygen atoms in total. The van der Waals surface area contributed by atoms with Crippen molar-refractivity contribution in [3.05, 3.63) is 0 Å². The van der Waals surface area contributed by atoms with Gasteiger partial charge in [-0.15, -0.1) is 0 Å². The van der Waals surface area contributed by atoms with E-state index in [1.807, 2.05) is 0 Å². The lowest BCUT2D eigenvalue weighted by Crippen LogP contribution is -2.91. The van der Waals surface area contributed by atoms with E-state index in [1.54, 1.807) is 0 Å². The Labute approximate surface area is 242 Å². The molecule has 1 saturated heterocycles. The van der Waals surface area contributed by atoms with Crippen LogP contribution in [0, 0.1) is 29.6 Å². The summed E-state index contributed by atoms with van der Waals surface area (Å²) in [5.41, 5.74) is 0. The van der Waals surface area contributed by atoms with E-state index in [9.17, 15) is 49.5 Å². The van der Waals surface area contributed by atoms with Crippen LogP contribution >= 0.6 is 0 Å². The van der Waals surface area contributed by atoms with Gasteiger partial charge in [0.2, 0.25) is 0 Å². The van der Waals surface area contributed by atoms with Crippen LogP contribution in [0.5, 0.6) is 0 Å². The minimum Gasteiger partial charge on any atom is -0.420 e. The van der Waals surface area contributed by atoms with Gasteiger partial charge in [0.25, 0.3) is 5.79 Å². The van der Waals surface area contributed by atoms with Gasteiger partial charge in [-0.05, 0) is 0 Å². The van der Waals surface area contributed by atoms with Gasteiger partial charge in [0, 0.05) is 0 Å². The van der Waals surface area contributed by atoms with Gasteiger partial charge < -0.3 is 49.2 Å². The Kier molecular flexibility index (Phi) is 11.3. The second-order valence-corrected chi connectivity index (χ2v) is 11.4. The smallest absolute Gasteiger partial charge is 0.420 e. The Balaban J connectivity index is 4.47. The van der Waals surface area contributed by atoms with Gasteiger partial charge in [-0.2, -0.15) is 0 Å². The summed E-state index contributed by atoms with van der Waals surface area (Å²) in [4.78, 5) is 64.4. The van der Waals surface area contributed by atoms with E-state index in [-0.39, 0.29) is 0 Å². The lowest BCUT2D eigenvalue weighted by Gasteiger charge is -2.60. The standard InChI is InChI=1S/C26H42O16/c1-12(2)17(28)37-23(34)22(33,11-27)42-26(40-20(31)15(7)8,41-21(32)16(9)10)25(36,39-19(30)14(5)6)24(23,35)38-18(29)13(3)4/h12-16,27,33-36H,11H2,1-10H3/t22-,23+,24+,25+/m0/s1. The summed E-state index contributed by atoms with van der Waals surface area (Å²) in [6.45, 7) is 10.5. The Morgan fingerprint density at radius 1 is 0.500 bits per heavy atom. The van der Waals surface area contributed by atoms with Gasteiger partial charge in [-0.3, -0.25) is 28.7 Å². The van der Waals surface area contributed by atoms with Gasteiger partial charge in [0.15, 0.2) is 0 Å². The largest absolute Gasteiger partial charge is 0.456 e. The number of carbonyl (C=O) groups is 5. The molecule has 42 heavy (non-hydrogen) atoms.